The van der Waals surface area contributed by atoms with Gasteiger partial charge in [-0.15, -0.1) is 11.3 Å². The molecule has 0 radical (unpaired) electrons. The number of halogens is 1. The molecule has 1 heterocycles. The van der Waals surface area contributed by atoms with Gasteiger partial charge in [-0.05, 0) is 18.1 Å². The summed E-state index contributed by atoms with van der Waals surface area (Å²) in [6, 6.07) is 0. The molecule has 122 valence electrons. The number of thiazole rings is 1. The first-order chi connectivity index (χ1) is 9.17. The van der Waals surface area contributed by atoms with Gasteiger partial charge in [0.15, 0.2) is 12.5 Å². The molecule has 0 aliphatic carbocycles. The Bertz CT molecular complexity index is 603. The topological polar surface area (TPSA) is 56.3 Å². The smallest absolute Gasteiger partial charge is 0.272 e. The van der Waals surface area contributed by atoms with Crippen LogP contribution in [0.2, 0.25) is 18.1 Å². The largest absolute Gasteiger partial charge is 0.416 e. The lowest BCUT2D eigenvalue weighted by Crippen LogP contribution is -2.43. The lowest BCUT2D eigenvalue weighted by molar-refractivity contribution is 0.220. The standard InChI is InChI=1S/C13H24ClNO3S2Si/c1-12(2,3)21(6,7)18-9-13(4,5)11-15-8-10(19-11)20(14,16)17/h8H,9H2,1-7H3. The molecule has 8 heteroatoms. The zero-order valence-electron chi connectivity index (χ0n) is 13.7. The molecule has 0 bridgehead atoms. The quantitative estimate of drug-likeness (QED) is 0.571. The average molecular weight is 370 g/mol. The molecule has 0 fully saturated rings. The zero-order chi connectivity index (χ0) is 16.7. The Morgan fingerprint density at radius 1 is 1.29 bits per heavy atom. The van der Waals surface area contributed by atoms with Crippen LogP contribution in [0.4, 0.5) is 0 Å². The Kier molecular flexibility index (Phi) is 5.38. The van der Waals surface area contributed by atoms with Crippen LogP contribution in [0.5, 0.6) is 0 Å². The highest BCUT2D eigenvalue weighted by molar-refractivity contribution is 8.15. The summed E-state index contributed by atoms with van der Waals surface area (Å²) in [5, 5.41) is 0.858. The van der Waals surface area contributed by atoms with Gasteiger partial charge < -0.3 is 4.43 Å². The predicted octanol–water partition coefficient (Wildman–Crippen LogP) is 4.37. The van der Waals surface area contributed by atoms with E-state index >= 15 is 0 Å². The van der Waals surface area contributed by atoms with E-state index in [2.05, 4.69) is 38.8 Å². The van der Waals surface area contributed by atoms with E-state index in [9.17, 15) is 8.42 Å². The van der Waals surface area contributed by atoms with Gasteiger partial charge >= 0.3 is 0 Å². The Labute approximate surface area is 137 Å². The van der Waals surface area contributed by atoms with Crippen molar-refractivity contribution in [2.24, 2.45) is 0 Å². The number of aromatic nitrogens is 1. The SMILES string of the molecule is CC(C)(CO[Si](C)(C)C(C)(C)C)c1ncc(S(=O)(=O)Cl)s1. The van der Waals surface area contributed by atoms with E-state index in [1.807, 2.05) is 13.8 Å². The van der Waals surface area contributed by atoms with Crippen LogP contribution in [0.15, 0.2) is 10.4 Å². The van der Waals surface area contributed by atoms with Gasteiger partial charge in [-0.25, -0.2) is 13.4 Å². The molecular formula is C13H24ClNO3S2Si. The molecule has 1 aromatic rings. The molecule has 0 N–H and O–H groups in total. The fraction of sp³-hybridized carbons (Fsp3) is 0.769. The minimum atomic E-state index is -3.71. The van der Waals surface area contributed by atoms with Crippen LogP contribution in [0.1, 0.15) is 39.6 Å². The maximum Gasteiger partial charge on any atom is 0.272 e. The van der Waals surface area contributed by atoms with Crippen LogP contribution in [-0.4, -0.2) is 28.3 Å². The molecule has 21 heavy (non-hydrogen) atoms. The van der Waals surface area contributed by atoms with Crippen molar-refractivity contribution in [3.8, 4) is 0 Å². The van der Waals surface area contributed by atoms with E-state index in [1.165, 1.54) is 6.20 Å². The highest BCUT2D eigenvalue weighted by Crippen LogP contribution is 2.38. The molecule has 4 nitrogen and oxygen atoms in total. The molecule has 0 aliphatic rings. The normalized spacial score (nSPS) is 14.5. The van der Waals surface area contributed by atoms with Crippen molar-refractivity contribution in [1.29, 1.82) is 0 Å². The minimum absolute atomic E-state index is 0.0829. The lowest BCUT2D eigenvalue weighted by atomic mass is 9.96. The van der Waals surface area contributed by atoms with E-state index in [0.717, 1.165) is 16.3 Å². The molecule has 0 amide bonds. The first-order valence-electron chi connectivity index (χ1n) is 6.72. The van der Waals surface area contributed by atoms with Crippen molar-refractivity contribution in [1.82, 2.24) is 4.98 Å². The summed E-state index contributed by atoms with van der Waals surface area (Å²) < 4.78 is 29.0. The summed E-state index contributed by atoms with van der Waals surface area (Å²) in [5.41, 5.74) is -0.347. The number of rotatable bonds is 5. The van der Waals surface area contributed by atoms with Crippen LogP contribution < -0.4 is 0 Å². The highest BCUT2D eigenvalue weighted by Gasteiger charge is 2.39. The second-order valence-corrected chi connectivity index (χ2v) is 16.0. The fourth-order valence-electron chi connectivity index (χ4n) is 1.32. The lowest BCUT2D eigenvalue weighted by Gasteiger charge is -2.38. The third kappa shape index (κ3) is 4.76. The van der Waals surface area contributed by atoms with E-state index in [4.69, 9.17) is 15.1 Å². The molecular weight excluding hydrogens is 346 g/mol. The summed E-state index contributed by atoms with van der Waals surface area (Å²) in [6.07, 6.45) is 1.32. The van der Waals surface area contributed by atoms with Gasteiger partial charge in [0.2, 0.25) is 0 Å². The molecule has 1 aromatic heterocycles. The molecule has 0 spiro atoms. The second kappa shape index (κ2) is 5.92. The fourth-order valence-corrected chi connectivity index (χ4v) is 4.43. The highest BCUT2D eigenvalue weighted by atomic mass is 35.7. The second-order valence-electron chi connectivity index (χ2n) is 7.36. The maximum absolute atomic E-state index is 11.3. The van der Waals surface area contributed by atoms with Gasteiger partial charge in [0, 0.05) is 22.7 Å². The first kappa shape index (κ1) is 19.1. The van der Waals surface area contributed by atoms with Crippen LogP contribution in [0.25, 0.3) is 0 Å². The van der Waals surface area contributed by atoms with Gasteiger partial charge in [-0.2, -0.15) is 0 Å². The third-order valence-electron chi connectivity index (χ3n) is 3.90. The van der Waals surface area contributed by atoms with Crippen molar-refractivity contribution in [2.45, 2.75) is 62.4 Å². The third-order valence-corrected chi connectivity index (χ3v) is 11.8. The molecule has 0 saturated carbocycles. The maximum atomic E-state index is 11.3. The van der Waals surface area contributed by atoms with Crippen LogP contribution in [-0.2, 0) is 18.9 Å². The Morgan fingerprint density at radius 2 is 1.81 bits per heavy atom. The van der Waals surface area contributed by atoms with Crippen molar-refractivity contribution in [3.05, 3.63) is 11.2 Å². The molecule has 0 aromatic carbocycles. The van der Waals surface area contributed by atoms with Crippen molar-refractivity contribution < 1.29 is 12.8 Å². The zero-order valence-corrected chi connectivity index (χ0v) is 17.0. The van der Waals surface area contributed by atoms with Gasteiger partial charge in [0.05, 0.1) is 6.20 Å². The van der Waals surface area contributed by atoms with E-state index in [-0.39, 0.29) is 14.7 Å². The minimum Gasteiger partial charge on any atom is -0.416 e. The van der Waals surface area contributed by atoms with E-state index < -0.39 is 17.4 Å². The van der Waals surface area contributed by atoms with Gasteiger partial charge in [0.1, 0.15) is 5.01 Å². The van der Waals surface area contributed by atoms with Gasteiger partial charge in [0.25, 0.3) is 9.05 Å². The molecule has 0 atom stereocenters. The van der Waals surface area contributed by atoms with Crippen molar-refractivity contribution >= 4 is 39.4 Å². The Hall–Kier alpha value is 0.0469. The molecule has 0 saturated heterocycles. The molecule has 1 rings (SSSR count). The van der Waals surface area contributed by atoms with Crippen LogP contribution in [0, 0.1) is 0 Å². The predicted molar refractivity (Wildman–Crippen MR) is 91.3 cm³/mol. The summed E-state index contributed by atoms with van der Waals surface area (Å²) in [5.74, 6) is 0. The van der Waals surface area contributed by atoms with Crippen LogP contribution >= 0.6 is 22.0 Å². The summed E-state index contributed by atoms with van der Waals surface area (Å²) in [4.78, 5) is 4.21. The summed E-state index contributed by atoms with van der Waals surface area (Å²) in [7, 11) is -0.208. The van der Waals surface area contributed by atoms with Gasteiger partial charge in [-0.1, -0.05) is 34.6 Å². The average Bonchev–Trinajstić information content (AvgIpc) is 2.74. The molecule has 0 aliphatic heterocycles. The van der Waals surface area contributed by atoms with Crippen molar-refractivity contribution in [2.75, 3.05) is 6.61 Å². The summed E-state index contributed by atoms with van der Waals surface area (Å²) >= 11 is 1.11. The first-order valence-corrected chi connectivity index (χ1v) is 12.8. The summed E-state index contributed by atoms with van der Waals surface area (Å²) in [6.45, 7) is 15.5. The number of nitrogens with zero attached hydrogens (tertiary/aromatic N) is 1. The Balaban J connectivity index is 2.90. The van der Waals surface area contributed by atoms with E-state index in [0.29, 0.717) is 6.61 Å². The van der Waals surface area contributed by atoms with Crippen molar-refractivity contribution in [3.63, 3.8) is 0 Å². The molecule has 0 unspecified atom stereocenters. The number of hydrogen-bond donors (Lipinski definition) is 0. The van der Waals surface area contributed by atoms with Gasteiger partial charge in [-0.3, -0.25) is 0 Å². The van der Waals surface area contributed by atoms with E-state index in [1.54, 1.807) is 0 Å². The van der Waals surface area contributed by atoms with Crippen LogP contribution in [0.3, 0.4) is 0 Å². The number of hydrogen-bond acceptors (Lipinski definition) is 5. The Morgan fingerprint density at radius 3 is 2.19 bits per heavy atom. The monoisotopic (exact) mass is 369 g/mol.